The molecule has 0 saturated carbocycles. The molecule has 0 radical (unpaired) electrons. The molecule has 6 saturated heterocycles. The van der Waals surface area contributed by atoms with E-state index in [0.29, 0.717) is 46.6 Å². The molecule has 3 N–H and O–H groups in total. The number of morpholine rings is 3. The summed E-state index contributed by atoms with van der Waals surface area (Å²) in [5, 5.41) is 3.49. The minimum Gasteiger partial charge on any atom is -0.399 e. The average molecular weight is 1150 g/mol. The molecule has 0 spiro atoms. The summed E-state index contributed by atoms with van der Waals surface area (Å²) in [5.41, 5.74) is 8.46. The number of nitrogens with zero attached hydrogens (tertiary/aromatic N) is 9. The van der Waals surface area contributed by atoms with Crippen molar-refractivity contribution in [1.29, 1.82) is 0 Å². The minimum atomic E-state index is -3.19. The van der Waals surface area contributed by atoms with E-state index in [0.717, 1.165) is 82.6 Å². The lowest BCUT2D eigenvalue weighted by molar-refractivity contribution is 0.0184. The van der Waals surface area contributed by atoms with E-state index in [1.165, 1.54) is 51.1 Å². The summed E-state index contributed by atoms with van der Waals surface area (Å²) in [6, 6.07) is 12.1. The molecule has 74 heavy (non-hydrogen) atoms. The third-order valence-corrected chi connectivity index (χ3v) is 15.6. The largest absolute Gasteiger partial charge is 0.399 e. The molecule has 9 heterocycles. The van der Waals surface area contributed by atoms with Crippen molar-refractivity contribution in [2.45, 2.75) is 113 Å². The van der Waals surface area contributed by atoms with Crippen LogP contribution in [-0.2, 0) is 61.0 Å². The van der Waals surface area contributed by atoms with E-state index in [2.05, 4.69) is 65.7 Å². The Morgan fingerprint density at radius 2 is 0.932 bits per heavy atom. The van der Waals surface area contributed by atoms with Gasteiger partial charge in [-0.25, -0.2) is 55.2 Å². The highest BCUT2D eigenvalue weighted by Gasteiger charge is 2.36. The molecule has 26 heteroatoms. The first-order valence-corrected chi connectivity index (χ1v) is 32.1. The molecular weight excluding hydrogens is 1080 g/mol. The molecule has 4 aromatic rings. The second kappa shape index (κ2) is 27.1. The second-order valence-electron chi connectivity index (χ2n) is 19.3. The summed E-state index contributed by atoms with van der Waals surface area (Å²) < 4.78 is 85.3. The zero-order valence-electron chi connectivity index (χ0n) is 42.9. The van der Waals surface area contributed by atoms with Crippen LogP contribution in [-0.4, -0.2) is 174 Å². The molecule has 410 valence electrons. The molecule has 10 rings (SSSR count). The maximum Gasteiger partial charge on any atom is 0.224 e. The molecule has 6 atom stereocenters. The Morgan fingerprint density at radius 1 is 0.554 bits per heavy atom. The van der Waals surface area contributed by atoms with Gasteiger partial charge in [-0.1, -0.05) is 32.4 Å². The first-order chi connectivity index (χ1) is 34.9. The fourth-order valence-corrected chi connectivity index (χ4v) is 11.9. The highest BCUT2D eigenvalue weighted by Crippen LogP contribution is 2.32. The number of hydrogen-bond acceptors (Lipinski definition) is 20. The number of sulfone groups is 3. The molecule has 6 aliphatic rings. The Hall–Kier alpha value is -3.62. The van der Waals surface area contributed by atoms with Gasteiger partial charge in [-0.05, 0) is 112 Å². The van der Waals surface area contributed by atoms with Gasteiger partial charge in [-0.3, -0.25) is 0 Å². The van der Waals surface area contributed by atoms with Gasteiger partial charge in [0.05, 0.1) is 71.0 Å². The van der Waals surface area contributed by atoms with Gasteiger partial charge in [0, 0.05) is 81.4 Å². The summed E-state index contributed by atoms with van der Waals surface area (Å²) in [6.07, 6.45) is 12.3. The average Bonchev–Trinajstić information content (AvgIpc) is 3.96. The monoisotopic (exact) mass is 1150 g/mol. The Kier molecular flexibility index (Phi) is 21.8. The van der Waals surface area contributed by atoms with Gasteiger partial charge in [0.1, 0.15) is 16.8 Å². The van der Waals surface area contributed by atoms with Crippen LogP contribution in [0.15, 0.2) is 42.5 Å². The van der Waals surface area contributed by atoms with Gasteiger partial charge in [-0.15, -0.1) is 0 Å². The number of benzene rings is 1. The van der Waals surface area contributed by atoms with Gasteiger partial charge in [0.2, 0.25) is 10.6 Å². The second-order valence-corrected chi connectivity index (χ2v) is 26.8. The topological polar surface area (TPSA) is 255 Å². The molecule has 3 aromatic heterocycles. The van der Waals surface area contributed by atoms with Crippen molar-refractivity contribution < 1.29 is 39.5 Å². The molecule has 6 fully saturated rings. The Labute approximate surface area is 451 Å². The number of halogens is 3. The number of nitrogens with two attached hydrogens (primary N) is 1. The van der Waals surface area contributed by atoms with Crippen LogP contribution in [0.4, 0.5) is 17.3 Å². The van der Waals surface area contributed by atoms with Crippen LogP contribution in [0.3, 0.4) is 0 Å². The summed E-state index contributed by atoms with van der Waals surface area (Å²) in [4.78, 5) is 31.3. The third kappa shape index (κ3) is 20.1. The lowest BCUT2D eigenvalue weighted by Gasteiger charge is -2.33. The minimum absolute atomic E-state index is 0.0499. The highest BCUT2D eigenvalue weighted by molar-refractivity contribution is 7.90. The van der Waals surface area contributed by atoms with E-state index < -0.39 is 29.5 Å². The molecule has 6 bridgehead atoms. The smallest absolute Gasteiger partial charge is 0.224 e. The summed E-state index contributed by atoms with van der Waals surface area (Å²) in [5.74, 6) is 1.53. The van der Waals surface area contributed by atoms with Crippen molar-refractivity contribution in [3.63, 3.8) is 0 Å². The van der Waals surface area contributed by atoms with Crippen LogP contribution in [0.1, 0.15) is 76.4 Å². The van der Waals surface area contributed by atoms with Crippen molar-refractivity contribution in [2.75, 3.05) is 93.2 Å². The van der Waals surface area contributed by atoms with Gasteiger partial charge in [0.15, 0.2) is 35.3 Å². The number of fused-ring (bicyclic) bond motifs is 6. The number of anilines is 3. The quantitative estimate of drug-likeness (QED) is 0.101. The maximum atomic E-state index is 11.8. The standard InChI is InChI=1S/C18H22N4O3S.C12H16ClN3O3S.C6H6Cl2N2O2S.C6H11NO.C6H15N/c1-26(23,24)11-14-8-17(22-9-15-6-7-16(10-22)25-15)21-18(20-14)12-2-4-13(19)5-3-12;1-20(17,18)7-8-4-11(15-12(13)14-8)16-5-9-2-3-10(6-16)19-9;1-13(11,12)3-4-2-5(7)10-6(8)9-4;1-2-6-4-7-3-5(1)8-6;1-4-7(5-2)6-3/h2-5,8,15-16H,6-7,9-11,19H2,1H3;4,9-10H,2-3,5-7H2,1H3;2H,3H2,1H3;5-7H,1-4H2;4-6H2,1-3H3. The number of rotatable bonds is 12. The van der Waals surface area contributed by atoms with E-state index in [9.17, 15) is 25.3 Å². The number of ether oxygens (including phenoxy) is 3. The Morgan fingerprint density at radius 3 is 1.32 bits per heavy atom. The van der Waals surface area contributed by atoms with Crippen molar-refractivity contribution >= 4 is 81.6 Å². The summed E-state index contributed by atoms with van der Waals surface area (Å²) >= 11 is 16.9. The molecule has 1 aromatic carbocycles. The lowest BCUT2D eigenvalue weighted by Crippen LogP contribution is -2.43. The van der Waals surface area contributed by atoms with Crippen molar-refractivity contribution in [1.82, 2.24) is 40.1 Å². The van der Waals surface area contributed by atoms with Crippen LogP contribution < -0.4 is 20.9 Å². The van der Waals surface area contributed by atoms with Crippen molar-refractivity contribution in [3.8, 4) is 11.4 Å². The van der Waals surface area contributed by atoms with Crippen LogP contribution in [0, 0.1) is 0 Å². The number of aromatic nitrogens is 6. The lowest BCUT2D eigenvalue weighted by atomic mass is 10.2. The van der Waals surface area contributed by atoms with Crippen molar-refractivity contribution in [3.05, 3.63) is 75.3 Å². The fraction of sp³-hybridized carbons (Fsp3) is 0.625. The SMILES string of the molecule is C1CC2CNCC1O2.CCN(CC)CC.CS(=O)(=O)Cc1cc(Cl)nc(Cl)n1.CS(=O)(=O)Cc1cc(N2CC3CCC(C2)O3)nc(-c2ccc(N)cc2)n1.CS(=O)(=O)Cc1cc(N2CC3CCC(C2)O3)nc(Cl)n1. The van der Waals surface area contributed by atoms with Gasteiger partial charge in [0.25, 0.3) is 0 Å². The predicted octanol–water partition coefficient (Wildman–Crippen LogP) is 5.49. The Balaban J connectivity index is 0.000000164. The summed E-state index contributed by atoms with van der Waals surface area (Å²) in [6.45, 7) is 15.4. The van der Waals surface area contributed by atoms with E-state index in [1.54, 1.807) is 24.3 Å². The number of nitrogens with one attached hydrogen (secondary N) is 1. The zero-order valence-corrected chi connectivity index (χ0v) is 47.6. The molecule has 0 aliphatic carbocycles. The van der Waals surface area contributed by atoms with Crippen LogP contribution >= 0.6 is 34.8 Å². The summed E-state index contributed by atoms with van der Waals surface area (Å²) in [7, 11) is -9.45. The highest BCUT2D eigenvalue weighted by atomic mass is 35.5. The zero-order chi connectivity index (χ0) is 53.8. The predicted molar refractivity (Wildman–Crippen MR) is 291 cm³/mol. The van der Waals surface area contributed by atoms with Crippen molar-refractivity contribution in [2.24, 2.45) is 0 Å². The molecule has 6 aliphatic heterocycles. The van der Waals surface area contributed by atoms with Gasteiger partial charge < -0.3 is 40.0 Å². The third-order valence-electron chi connectivity index (χ3n) is 12.6. The van der Waals surface area contributed by atoms with E-state index in [-0.39, 0.29) is 57.4 Å². The van der Waals surface area contributed by atoms with E-state index in [1.807, 2.05) is 12.1 Å². The first-order valence-electron chi connectivity index (χ1n) is 24.8. The van der Waals surface area contributed by atoms with Gasteiger partial charge >= 0.3 is 0 Å². The number of nitrogen functional groups attached to an aromatic ring is 1. The van der Waals surface area contributed by atoms with E-state index in [4.69, 9.17) is 59.7 Å². The Bertz CT molecular complexity index is 2760. The fourth-order valence-electron chi connectivity index (χ4n) is 9.24. The normalized spacial score (nSPS) is 22.8. The van der Waals surface area contributed by atoms with E-state index >= 15 is 0 Å². The maximum absolute atomic E-state index is 11.8. The molecule has 6 unspecified atom stereocenters. The molecular formula is C48H70Cl3N11O9S3. The van der Waals surface area contributed by atoms with Crippen LogP contribution in [0.2, 0.25) is 15.7 Å². The number of hydrogen-bond donors (Lipinski definition) is 2. The first kappa shape index (κ1) is 59.6. The molecule has 20 nitrogen and oxygen atoms in total. The molecule has 0 amide bonds. The van der Waals surface area contributed by atoms with Crippen LogP contribution in [0.5, 0.6) is 0 Å². The van der Waals surface area contributed by atoms with Crippen LogP contribution in [0.25, 0.3) is 11.4 Å². The van der Waals surface area contributed by atoms with Gasteiger partial charge in [-0.2, -0.15) is 0 Å².